The van der Waals surface area contributed by atoms with Crippen LogP contribution in [0.1, 0.15) is 37.7 Å². The van der Waals surface area contributed by atoms with E-state index in [-0.39, 0.29) is 5.41 Å². The SMILES string of the molecule is NCCC1(c2ccc(Cl)cc2Cl)CCCC1. The van der Waals surface area contributed by atoms with Crippen LogP contribution < -0.4 is 5.73 Å². The van der Waals surface area contributed by atoms with E-state index in [2.05, 4.69) is 6.07 Å². The molecule has 0 atom stereocenters. The number of nitrogens with two attached hydrogens (primary N) is 1. The minimum atomic E-state index is 0.205. The van der Waals surface area contributed by atoms with E-state index in [0.717, 1.165) is 18.0 Å². The van der Waals surface area contributed by atoms with Crippen LogP contribution in [0.2, 0.25) is 10.0 Å². The molecule has 0 saturated heterocycles. The van der Waals surface area contributed by atoms with Crippen molar-refractivity contribution >= 4 is 23.2 Å². The van der Waals surface area contributed by atoms with Crippen molar-refractivity contribution < 1.29 is 0 Å². The molecule has 0 unspecified atom stereocenters. The molecule has 0 spiro atoms. The van der Waals surface area contributed by atoms with Crippen molar-refractivity contribution in [3.63, 3.8) is 0 Å². The molecule has 0 amide bonds. The van der Waals surface area contributed by atoms with E-state index in [1.165, 1.54) is 31.2 Å². The van der Waals surface area contributed by atoms with Crippen LogP contribution in [-0.4, -0.2) is 6.54 Å². The molecule has 16 heavy (non-hydrogen) atoms. The molecule has 1 fully saturated rings. The average Bonchev–Trinajstić information content (AvgIpc) is 2.67. The Balaban J connectivity index is 2.38. The molecule has 0 aliphatic heterocycles. The highest BCUT2D eigenvalue weighted by atomic mass is 35.5. The standard InChI is InChI=1S/C13H17Cl2N/c14-10-3-4-11(12(15)9-10)13(7-8-16)5-1-2-6-13/h3-4,9H,1-2,5-8,16H2. The number of hydrogen-bond acceptors (Lipinski definition) is 1. The number of halogens is 2. The van der Waals surface area contributed by atoms with Crippen molar-refractivity contribution in [2.45, 2.75) is 37.5 Å². The Bertz CT molecular complexity index is 370. The molecule has 0 bridgehead atoms. The maximum Gasteiger partial charge on any atom is 0.0458 e. The Morgan fingerprint density at radius 1 is 1.19 bits per heavy atom. The van der Waals surface area contributed by atoms with Gasteiger partial charge in [0, 0.05) is 10.0 Å². The minimum absolute atomic E-state index is 0.205. The smallest absolute Gasteiger partial charge is 0.0458 e. The van der Waals surface area contributed by atoms with Crippen LogP contribution in [0.5, 0.6) is 0 Å². The third-order valence-corrected chi connectivity index (χ3v) is 4.23. The average molecular weight is 258 g/mol. The summed E-state index contributed by atoms with van der Waals surface area (Å²) in [6, 6.07) is 5.85. The van der Waals surface area contributed by atoms with Gasteiger partial charge in [0.15, 0.2) is 0 Å². The molecule has 1 aromatic carbocycles. The highest BCUT2D eigenvalue weighted by Crippen LogP contribution is 2.46. The van der Waals surface area contributed by atoms with Crippen molar-refractivity contribution in [3.05, 3.63) is 33.8 Å². The van der Waals surface area contributed by atoms with Crippen LogP contribution in [0.3, 0.4) is 0 Å². The van der Waals surface area contributed by atoms with Gasteiger partial charge in [0.1, 0.15) is 0 Å². The van der Waals surface area contributed by atoms with Gasteiger partial charge in [-0.05, 0) is 48.9 Å². The summed E-state index contributed by atoms with van der Waals surface area (Å²) in [6.45, 7) is 0.721. The molecule has 0 heterocycles. The predicted octanol–water partition coefficient (Wildman–Crippen LogP) is 4.15. The molecule has 2 N–H and O–H groups in total. The van der Waals surface area contributed by atoms with Gasteiger partial charge >= 0.3 is 0 Å². The Morgan fingerprint density at radius 2 is 1.88 bits per heavy atom. The van der Waals surface area contributed by atoms with E-state index in [0.29, 0.717) is 5.02 Å². The molecule has 0 radical (unpaired) electrons. The molecule has 0 aromatic heterocycles. The lowest BCUT2D eigenvalue weighted by Crippen LogP contribution is -2.26. The summed E-state index contributed by atoms with van der Waals surface area (Å²) in [5.41, 5.74) is 7.18. The van der Waals surface area contributed by atoms with E-state index in [4.69, 9.17) is 28.9 Å². The third-order valence-electron chi connectivity index (χ3n) is 3.69. The first-order chi connectivity index (χ1) is 7.68. The van der Waals surface area contributed by atoms with Gasteiger partial charge < -0.3 is 5.73 Å². The first-order valence-corrected chi connectivity index (χ1v) is 6.59. The lowest BCUT2D eigenvalue weighted by molar-refractivity contribution is 0.412. The largest absolute Gasteiger partial charge is 0.330 e. The summed E-state index contributed by atoms with van der Waals surface area (Å²) >= 11 is 12.2. The summed E-state index contributed by atoms with van der Waals surface area (Å²) in [4.78, 5) is 0. The van der Waals surface area contributed by atoms with Gasteiger partial charge in [0.25, 0.3) is 0 Å². The molecule has 1 saturated carbocycles. The van der Waals surface area contributed by atoms with Crippen LogP contribution in [0.4, 0.5) is 0 Å². The minimum Gasteiger partial charge on any atom is -0.330 e. The lowest BCUT2D eigenvalue weighted by Gasteiger charge is -2.30. The van der Waals surface area contributed by atoms with E-state index in [9.17, 15) is 0 Å². The Kier molecular flexibility index (Phi) is 3.78. The van der Waals surface area contributed by atoms with E-state index >= 15 is 0 Å². The molecular formula is C13H17Cl2N. The van der Waals surface area contributed by atoms with Crippen molar-refractivity contribution in [2.24, 2.45) is 5.73 Å². The van der Waals surface area contributed by atoms with Crippen LogP contribution >= 0.6 is 23.2 Å². The summed E-state index contributed by atoms with van der Waals surface area (Å²) in [5, 5.41) is 1.50. The van der Waals surface area contributed by atoms with E-state index < -0.39 is 0 Å². The first-order valence-electron chi connectivity index (χ1n) is 5.83. The maximum absolute atomic E-state index is 6.31. The number of rotatable bonds is 3. The van der Waals surface area contributed by atoms with E-state index in [1.807, 2.05) is 12.1 Å². The van der Waals surface area contributed by atoms with Gasteiger partial charge in [-0.1, -0.05) is 42.1 Å². The topological polar surface area (TPSA) is 26.0 Å². The van der Waals surface area contributed by atoms with Crippen LogP contribution in [0.15, 0.2) is 18.2 Å². The second-order valence-corrected chi connectivity index (χ2v) is 5.49. The number of hydrogen-bond donors (Lipinski definition) is 1. The van der Waals surface area contributed by atoms with Crippen LogP contribution in [-0.2, 0) is 5.41 Å². The summed E-state index contributed by atoms with van der Waals surface area (Å²) in [5.74, 6) is 0. The maximum atomic E-state index is 6.31. The monoisotopic (exact) mass is 257 g/mol. The van der Waals surface area contributed by atoms with Gasteiger partial charge in [0.2, 0.25) is 0 Å². The predicted molar refractivity (Wildman–Crippen MR) is 70.3 cm³/mol. The Hall–Kier alpha value is -0.240. The van der Waals surface area contributed by atoms with Crippen molar-refractivity contribution in [1.29, 1.82) is 0 Å². The summed E-state index contributed by atoms with van der Waals surface area (Å²) < 4.78 is 0. The Labute approximate surface area is 107 Å². The molecule has 2 rings (SSSR count). The van der Waals surface area contributed by atoms with Gasteiger partial charge in [-0.15, -0.1) is 0 Å². The van der Waals surface area contributed by atoms with Crippen LogP contribution in [0.25, 0.3) is 0 Å². The summed E-state index contributed by atoms with van der Waals surface area (Å²) in [7, 11) is 0. The molecule has 1 aromatic rings. The fourth-order valence-corrected chi connectivity index (χ4v) is 3.51. The highest BCUT2D eigenvalue weighted by Gasteiger charge is 2.36. The fourth-order valence-electron chi connectivity index (χ4n) is 2.90. The normalized spacial score (nSPS) is 18.9. The zero-order valence-electron chi connectivity index (χ0n) is 9.31. The van der Waals surface area contributed by atoms with Crippen molar-refractivity contribution in [2.75, 3.05) is 6.54 Å². The third kappa shape index (κ3) is 2.22. The molecule has 1 aliphatic carbocycles. The lowest BCUT2D eigenvalue weighted by atomic mass is 9.76. The van der Waals surface area contributed by atoms with Gasteiger partial charge in [-0.2, -0.15) is 0 Å². The van der Waals surface area contributed by atoms with Crippen molar-refractivity contribution in [3.8, 4) is 0 Å². The van der Waals surface area contributed by atoms with Gasteiger partial charge in [-0.3, -0.25) is 0 Å². The molecule has 1 nitrogen and oxygen atoms in total. The first kappa shape index (κ1) is 12.2. The quantitative estimate of drug-likeness (QED) is 0.865. The van der Waals surface area contributed by atoms with Crippen molar-refractivity contribution in [1.82, 2.24) is 0 Å². The van der Waals surface area contributed by atoms with E-state index in [1.54, 1.807) is 0 Å². The second kappa shape index (κ2) is 4.95. The van der Waals surface area contributed by atoms with Gasteiger partial charge in [-0.25, -0.2) is 0 Å². The molecule has 3 heteroatoms. The van der Waals surface area contributed by atoms with Gasteiger partial charge in [0.05, 0.1) is 0 Å². The Morgan fingerprint density at radius 3 is 2.44 bits per heavy atom. The zero-order valence-corrected chi connectivity index (χ0v) is 10.8. The molecule has 1 aliphatic rings. The molecule has 88 valence electrons. The summed E-state index contributed by atoms with van der Waals surface area (Å²) in [6.07, 6.45) is 5.98. The second-order valence-electron chi connectivity index (χ2n) is 4.65. The zero-order chi connectivity index (χ0) is 11.6. The number of benzene rings is 1. The van der Waals surface area contributed by atoms with Crippen LogP contribution in [0, 0.1) is 0 Å². The fraction of sp³-hybridized carbons (Fsp3) is 0.538. The highest BCUT2D eigenvalue weighted by molar-refractivity contribution is 6.35. The molecular weight excluding hydrogens is 241 g/mol.